The third kappa shape index (κ3) is 3.51. The number of anilines is 1. The van der Waals surface area contributed by atoms with E-state index in [1.165, 1.54) is 17.2 Å². The molecule has 7 nitrogen and oxygen atoms in total. The lowest BCUT2D eigenvalue weighted by molar-refractivity contribution is -0.120. The highest BCUT2D eigenvalue weighted by Gasteiger charge is 2.29. The van der Waals surface area contributed by atoms with Gasteiger partial charge in [-0.2, -0.15) is 0 Å². The predicted molar refractivity (Wildman–Crippen MR) is 93.3 cm³/mol. The monoisotopic (exact) mass is 361 g/mol. The van der Waals surface area contributed by atoms with Crippen molar-refractivity contribution in [2.75, 3.05) is 31.6 Å². The fourth-order valence-electron chi connectivity index (χ4n) is 2.66. The van der Waals surface area contributed by atoms with Gasteiger partial charge in [-0.1, -0.05) is 17.7 Å². The number of methoxy groups -OCH3 is 1. The molecule has 2 amide bonds. The normalized spacial score (nSPS) is 14.6. The minimum absolute atomic E-state index is 0.0488. The van der Waals surface area contributed by atoms with E-state index in [0.717, 1.165) is 5.69 Å². The number of carbonyl (C=O) groups is 2. The molecule has 0 bridgehead atoms. The average molecular weight is 362 g/mol. The molecule has 1 N–H and O–H groups in total. The number of hydrogen-bond donors (Lipinski definition) is 1. The molecule has 1 aliphatic rings. The fourth-order valence-corrected chi connectivity index (χ4v) is 2.83. The van der Waals surface area contributed by atoms with Gasteiger partial charge in [-0.25, -0.2) is 0 Å². The van der Waals surface area contributed by atoms with Gasteiger partial charge in [0.25, 0.3) is 11.5 Å². The fraction of sp³-hybridized carbons (Fsp3) is 0.235. The molecular formula is C17H16ClN3O4. The van der Waals surface area contributed by atoms with Crippen molar-refractivity contribution in [3.63, 3.8) is 0 Å². The van der Waals surface area contributed by atoms with Gasteiger partial charge in [-0.15, -0.1) is 0 Å². The highest BCUT2D eigenvalue weighted by molar-refractivity contribution is 6.30. The van der Waals surface area contributed by atoms with Crippen LogP contribution in [0.25, 0.3) is 0 Å². The Balaban J connectivity index is 1.74. The molecule has 1 aliphatic heterocycles. The Morgan fingerprint density at radius 1 is 1.24 bits per heavy atom. The predicted octanol–water partition coefficient (Wildman–Crippen LogP) is 1.53. The topological polar surface area (TPSA) is 82.7 Å². The molecule has 0 unspecified atom stereocenters. The highest BCUT2D eigenvalue weighted by Crippen LogP contribution is 2.23. The number of halogens is 1. The van der Waals surface area contributed by atoms with E-state index in [1.807, 2.05) is 6.07 Å². The number of amides is 2. The zero-order valence-electron chi connectivity index (χ0n) is 13.5. The lowest BCUT2D eigenvalue weighted by Crippen LogP contribution is -2.52. The third-order valence-corrected chi connectivity index (χ3v) is 4.26. The van der Waals surface area contributed by atoms with Crippen molar-refractivity contribution in [1.82, 2.24) is 9.88 Å². The molecule has 130 valence electrons. The van der Waals surface area contributed by atoms with Crippen molar-refractivity contribution >= 4 is 29.1 Å². The summed E-state index contributed by atoms with van der Waals surface area (Å²) in [4.78, 5) is 41.7. The first-order chi connectivity index (χ1) is 12.0. The summed E-state index contributed by atoms with van der Waals surface area (Å²) < 4.78 is 5.17. The molecular weight excluding hydrogens is 346 g/mol. The van der Waals surface area contributed by atoms with Gasteiger partial charge in [0.15, 0.2) is 0 Å². The summed E-state index contributed by atoms with van der Waals surface area (Å²) in [5.74, 6) is 0.117. The molecule has 0 atom stereocenters. The van der Waals surface area contributed by atoms with Crippen LogP contribution in [0.1, 0.15) is 10.4 Å². The van der Waals surface area contributed by atoms with Crippen LogP contribution in [0.4, 0.5) is 5.69 Å². The van der Waals surface area contributed by atoms with Crippen LogP contribution in [0, 0.1) is 0 Å². The van der Waals surface area contributed by atoms with Crippen LogP contribution >= 0.6 is 11.6 Å². The van der Waals surface area contributed by atoms with Gasteiger partial charge in [0.1, 0.15) is 17.3 Å². The van der Waals surface area contributed by atoms with Gasteiger partial charge in [-0.3, -0.25) is 14.4 Å². The number of benzene rings is 1. The summed E-state index contributed by atoms with van der Waals surface area (Å²) in [6.45, 7) is 0.695. The van der Waals surface area contributed by atoms with E-state index in [9.17, 15) is 14.4 Å². The smallest absolute Gasteiger partial charge is 0.266 e. The Morgan fingerprint density at radius 2 is 2.04 bits per heavy atom. The third-order valence-electron chi connectivity index (χ3n) is 3.98. The summed E-state index contributed by atoms with van der Waals surface area (Å²) >= 11 is 5.76. The Hall–Kier alpha value is -2.80. The SMILES string of the molecule is COc1cccc(N2CCN(C(=O)c3c[nH]c(=O)c(Cl)c3)CC2=O)c1. The summed E-state index contributed by atoms with van der Waals surface area (Å²) in [6, 6.07) is 8.51. The van der Waals surface area contributed by atoms with Gasteiger partial charge in [0.05, 0.1) is 12.7 Å². The second-order valence-electron chi connectivity index (χ2n) is 5.54. The van der Waals surface area contributed by atoms with Crippen LogP contribution in [0.5, 0.6) is 5.75 Å². The maximum atomic E-state index is 12.5. The van der Waals surface area contributed by atoms with E-state index in [4.69, 9.17) is 16.3 Å². The highest BCUT2D eigenvalue weighted by atomic mass is 35.5. The number of nitrogens with one attached hydrogen (secondary N) is 1. The Morgan fingerprint density at radius 3 is 2.72 bits per heavy atom. The first-order valence-corrected chi connectivity index (χ1v) is 7.99. The Kier molecular flexibility index (Phi) is 4.76. The molecule has 2 aromatic rings. The van der Waals surface area contributed by atoms with Crippen molar-refractivity contribution in [3.8, 4) is 5.75 Å². The van der Waals surface area contributed by atoms with Crippen LogP contribution in [-0.4, -0.2) is 48.4 Å². The second kappa shape index (κ2) is 6.98. The number of hydrogen-bond acceptors (Lipinski definition) is 4. The van der Waals surface area contributed by atoms with Crippen LogP contribution in [0.2, 0.25) is 5.02 Å². The first-order valence-electron chi connectivity index (χ1n) is 7.61. The molecule has 2 heterocycles. The van der Waals surface area contributed by atoms with E-state index in [1.54, 1.807) is 30.2 Å². The first kappa shape index (κ1) is 17.0. The number of H-pyrrole nitrogens is 1. The summed E-state index contributed by atoms with van der Waals surface area (Å²) in [7, 11) is 1.56. The van der Waals surface area contributed by atoms with Crippen LogP contribution in [0.3, 0.4) is 0 Å². The number of piperazine rings is 1. The maximum absolute atomic E-state index is 12.5. The second-order valence-corrected chi connectivity index (χ2v) is 5.95. The lowest BCUT2D eigenvalue weighted by atomic mass is 10.2. The Labute approximate surface area is 148 Å². The minimum atomic E-state index is -0.461. The molecule has 3 rings (SSSR count). The van der Waals surface area contributed by atoms with E-state index in [0.29, 0.717) is 18.8 Å². The zero-order chi connectivity index (χ0) is 18.0. The number of aromatic amines is 1. The van der Waals surface area contributed by atoms with Crippen molar-refractivity contribution < 1.29 is 14.3 Å². The Bertz CT molecular complexity index is 880. The molecule has 1 saturated heterocycles. The molecule has 8 heteroatoms. The van der Waals surface area contributed by atoms with E-state index >= 15 is 0 Å². The van der Waals surface area contributed by atoms with Gasteiger partial charge in [-0.05, 0) is 18.2 Å². The number of rotatable bonds is 3. The molecule has 1 aromatic heterocycles. The largest absolute Gasteiger partial charge is 0.497 e. The number of ether oxygens (including phenoxy) is 1. The van der Waals surface area contributed by atoms with E-state index in [-0.39, 0.29) is 28.9 Å². The quantitative estimate of drug-likeness (QED) is 0.898. The molecule has 1 fully saturated rings. The number of nitrogens with zero attached hydrogens (tertiary/aromatic N) is 2. The van der Waals surface area contributed by atoms with Crippen LogP contribution in [-0.2, 0) is 4.79 Å². The van der Waals surface area contributed by atoms with Crippen molar-refractivity contribution in [1.29, 1.82) is 0 Å². The maximum Gasteiger partial charge on any atom is 0.266 e. The number of pyridine rings is 1. The summed E-state index contributed by atoms with van der Waals surface area (Å²) in [6.07, 6.45) is 1.30. The summed E-state index contributed by atoms with van der Waals surface area (Å²) in [5.41, 5.74) is 0.507. The van der Waals surface area contributed by atoms with Crippen LogP contribution in [0.15, 0.2) is 41.3 Å². The minimum Gasteiger partial charge on any atom is -0.497 e. The van der Waals surface area contributed by atoms with Crippen molar-refractivity contribution in [3.05, 3.63) is 57.5 Å². The molecule has 0 saturated carbocycles. The number of carbonyl (C=O) groups excluding carboxylic acids is 2. The van der Waals surface area contributed by atoms with Gasteiger partial charge in [0.2, 0.25) is 5.91 Å². The molecule has 0 radical (unpaired) electrons. The molecule has 0 spiro atoms. The lowest BCUT2D eigenvalue weighted by Gasteiger charge is -2.34. The summed E-state index contributed by atoms with van der Waals surface area (Å²) in [5, 5.41) is -0.0628. The van der Waals surface area contributed by atoms with Crippen molar-refractivity contribution in [2.24, 2.45) is 0 Å². The van der Waals surface area contributed by atoms with Crippen LogP contribution < -0.4 is 15.2 Å². The zero-order valence-corrected chi connectivity index (χ0v) is 14.2. The average Bonchev–Trinajstić information content (AvgIpc) is 2.63. The standard InChI is InChI=1S/C17H16ClN3O4/c1-25-13-4-2-3-12(8-13)21-6-5-20(10-15(21)22)17(24)11-7-14(18)16(23)19-9-11/h2-4,7-9H,5-6,10H2,1H3,(H,19,23). The van der Waals surface area contributed by atoms with Gasteiger partial charge >= 0.3 is 0 Å². The van der Waals surface area contributed by atoms with E-state index in [2.05, 4.69) is 4.98 Å². The number of aromatic nitrogens is 1. The van der Waals surface area contributed by atoms with E-state index < -0.39 is 5.56 Å². The van der Waals surface area contributed by atoms with Gasteiger partial charge in [0, 0.05) is 31.0 Å². The van der Waals surface area contributed by atoms with Gasteiger partial charge < -0.3 is 19.5 Å². The molecule has 25 heavy (non-hydrogen) atoms. The molecule has 0 aliphatic carbocycles. The molecule has 1 aromatic carbocycles. The van der Waals surface area contributed by atoms with Crippen molar-refractivity contribution in [2.45, 2.75) is 0 Å².